The van der Waals surface area contributed by atoms with Crippen molar-refractivity contribution in [2.45, 2.75) is 32.7 Å². The standard InChI is InChI=1S/C13H17ClFNO/c1-3-8(2)13(16)12(17)7-9-4-5-11(15)10(14)6-9/h4-6,8,13H,3,7,16H2,1-2H3. The van der Waals surface area contributed by atoms with E-state index in [4.69, 9.17) is 17.3 Å². The molecule has 0 bridgehead atoms. The number of rotatable bonds is 5. The van der Waals surface area contributed by atoms with Crippen LogP contribution in [-0.4, -0.2) is 11.8 Å². The van der Waals surface area contributed by atoms with Crippen LogP contribution in [0.3, 0.4) is 0 Å². The Morgan fingerprint density at radius 3 is 2.71 bits per heavy atom. The highest BCUT2D eigenvalue weighted by Crippen LogP contribution is 2.17. The van der Waals surface area contributed by atoms with Gasteiger partial charge in [0, 0.05) is 6.42 Å². The van der Waals surface area contributed by atoms with Gasteiger partial charge in [-0.3, -0.25) is 4.79 Å². The van der Waals surface area contributed by atoms with Gasteiger partial charge in [0.2, 0.25) is 0 Å². The number of ketones is 1. The van der Waals surface area contributed by atoms with E-state index in [0.29, 0.717) is 5.56 Å². The van der Waals surface area contributed by atoms with Crippen LogP contribution < -0.4 is 5.73 Å². The van der Waals surface area contributed by atoms with Gasteiger partial charge >= 0.3 is 0 Å². The second kappa shape index (κ2) is 6.12. The summed E-state index contributed by atoms with van der Waals surface area (Å²) in [6.07, 6.45) is 1.06. The fourth-order valence-corrected chi connectivity index (χ4v) is 1.74. The summed E-state index contributed by atoms with van der Waals surface area (Å²) in [5.74, 6) is -0.366. The van der Waals surface area contributed by atoms with Gasteiger partial charge in [-0.05, 0) is 23.6 Å². The quantitative estimate of drug-likeness (QED) is 0.881. The summed E-state index contributed by atoms with van der Waals surface area (Å²) in [7, 11) is 0. The van der Waals surface area contributed by atoms with Crippen molar-refractivity contribution >= 4 is 17.4 Å². The van der Waals surface area contributed by atoms with Crippen LogP contribution in [0, 0.1) is 11.7 Å². The molecule has 1 aromatic carbocycles. The SMILES string of the molecule is CCC(C)C(N)C(=O)Cc1ccc(F)c(Cl)c1. The maximum absolute atomic E-state index is 12.9. The van der Waals surface area contributed by atoms with Gasteiger partial charge in [0.25, 0.3) is 0 Å². The molecule has 0 aliphatic rings. The minimum Gasteiger partial charge on any atom is -0.321 e. The van der Waals surface area contributed by atoms with Crippen molar-refractivity contribution in [2.75, 3.05) is 0 Å². The van der Waals surface area contributed by atoms with Gasteiger partial charge < -0.3 is 5.73 Å². The summed E-state index contributed by atoms with van der Waals surface area (Å²) < 4.78 is 12.9. The van der Waals surface area contributed by atoms with Crippen LogP contribution in [0.25, 0.3) is 0 Å². The number of nitrogens with two attached hydrogens (primary N) is 1. The lowest BCUT2D eigenvalue weighted by Gasteiger charge is -2.16. The van der Waals surface area contributed by atoms with Gasteiger partial charge in [-0.25, -0.2) is 4.39 Å². The summed E-state index contributed by atoms with van der Waals surface area (Å²) in [6.45, 7) is 3.94. The van der Waals surface area contributed by atoms with Crippen LogP contribution in [0.5, 0.6) is 0 Å². The smallest absolute Gasteiger partial charge is 0.154 e. The van der Waals surface area contributed by atoms with Crippen molar-refractivity contribution in [1.29, 1.82) is 0 Å². The molecule has 0 aliphatic carbocycles. The molecule has 17 heavy (non-hydrogen) atoms. The zero-order valence-corrected chi connectivity index (χ0v) is 10.8. The Morgan fingerprint density at radius 2 is 2.18 bits per heavy atom. The lowest BCUT2D eigenvalue weighted by atomic mass is 9.93. The minimum atomic E-state index is -0.478. The molecule has 0 saturated heterocycles. The molecule has 1 aromatic rings. The number of Topliss-reactive ketones (excluding diaryl/α,β-unsaturated/α-hetero) is 1. The van der Waals surface area contributed by atoms with Crippen molar-refractivity contribution in [3.8, 4) is 0 Å². The molecule has 2 unspecified atom stereocenters. The Kier molecular flexibility index (Phi) is 5.09. The number of benzene rings is 1. The fraction of sp³-hybridized carbons (Fsp3) is 0.462. The Balaban J connectivity index is 2.71. The minimum absolute atomic E-state index is 0.0346. The van der Waals surface area contributed by atoms with E-state index in [9.17, 15) is 9.18 Å². The molecular weight excluding hydrogens is 241 g/mol. The summed E-state index contributed by atoms with van der Waals surface area (Å²) in [6, 6.07) is 3.82. The van der Waals surface area contributed by atoms with Crippen LogP contribution in [0.2, 0.25) is 5.02 Å². The number of carbonyl (C=O) groups excluding carboxylic acids is 1. The second-order valence-corrected chi connectivity index (χ2v) is 4.71. The van der Waals surface area contributed by atoms with Gasteiger partial charge in [0.1, 0.15) is 5.82 Å². The third-order valence-electron chi connectivity index (χ3n) is 2.99. The number of halogens is 2. The highest BCUT2D eigenvalue weighted by atomic mass is 35.5. The summed E-state index contributed by atoms with van der Waals surface area (Å²) in [5, 5.41) is 0.0346. The first kappa shape index (κ1) is 14.1. The summed E-state index contributed by atoms with van der Waals surface area (Å²) >= 11 is 5.65. The van der Waals surface area contributed by atoms with E-state index in [2.05, 4.69) is 0 Å². The van der Waals surface area contributed by atoms with Crippen molar-refractivity contribution in [3.05, 3.63) is 34.6 Å². The first-order chi connectivity index (χ1) is 7.95. The summed E-state index contributed by atoms with van der Waals surface area (Å²) in [5.41, 5.74) is 6.53. The fourth-order valence-electron chi connectivity index (χ4n) is 1.54. The lowest BCUT2D eigenvalue weighted by Crippen LogP contribution is -2.37. The molecule has 1 rings (SSSR count). The molecule has 0 aliphatic heterocycles. The van der Waals surface area contributed by atoms with Crippen LogP contribution in [0.1, 0.15) is 25.8 Å². The second-order valence-electron chi connectivity index (χ2n) is 4.30. The van der Waals surface area contributed by atoms with E-state index in [1.807, 2.05) is 13.8 Å². The van der Waals surface area contributed by atoms with Gasteiger partial charge in [0.05, 0.1) is 11.1 Å². The molecular formula is C13H17ClFNO. The zero-order chi connectivity index (χ0) is 13.0. The zero-order valence-electron chi connectivity index (χ0n) is 10.0. The van der Waals surface area contributed by atoms with Crippen molar-refractivity contribution in [2.24, 2.45) is 11.7 Å². The molecule has 4 heteroatoms. The molecule has 0 amide bonds. The molecule has 0 fully saturated rings. The molecule has 0 radical (unpaired) electrons. The molecule has 0 heterocycles. The highest BCUT2D eigenvalue weighted by Gasteiger charge is 2.19. The van der Waals surface area contributed by atoms with E-state index in [1.54, 1.807) is 6.07 Å². The average Bonchev–Trinajstić information content (AvgIpc) is 2.31. The highest BCUT2D eigenvalue weighted by molar-refractivity contribution is 6.30. The number of hydrogen-bond acceptors (Lipinski definition) is 2. The molecule has 2 atom stereocenters. The summed E-state index contributed by atoms with van der Waals surface area (Å²) in [4.78, 5) is 11.8. The third kappa shape index (κ3) is 3.79. The van der Waals surface area contributed by atoms with E-state index in [0.717, 1.165) is 6.42 Å². The maximum atomic E-state index is 12.9. The van der Waals surface area contributed by atoms with Gasteiger partial charge in [-0.1, -0.05) is 37.9 Å². The van der Waals surface area contributed by atoms with Crippen molar-refractivity contribution in [3.63, 3.8) is 0 Å². The maximum Gasteiger partial charge on any atom is 0.154 e. The molecule has 0 saturated carbocycles. The predicted octanol–water partition coefficient (Wildman–Crippen LogP) is 2.96. The van der Waals surface area contributed by atoms with Gasteiger partial charge in [-0.2, -0.15) is 0 Å². The molecule has 0 spiro atoms. The third-order valence-corrected chi connectivity index (χ3v) is 3.28. The average molecular weight is 258 g/mol. The Hall–Kier alpha value is -0.930. The first-order valence-electron chi connectivity index (χ1n) is 5.68. The van der Waals surface area contributed by atoms with Gasteiger partial charge in [-0.15, -0.1) is 0 Å². The number of carbonyl (C=O) groups is 1. The van der Waals surface area contributed by atoms with Crippen molar-refractivity contribution in [1.82, 2.24) is 0 Å². The van der Waals surface area contributed by atoms with Crippen molar-refractivity contribution < 1.29 is 9.18 Å². The van der Waals surface area contributed by atoms with Crippen LogP contribution >= 0.6 is 11.6 Å². The molecule has 0 aromatic heterocycles. The van der Waals surface area contributed by atoms with Crippen LogP contribution in [0.4, 0.5) is 4.39 Å². The molecule has 94 valence electrons. The monoisotopic (exact) mass is 257 g/mol. The lowest BCUT2D eigenvalue weighted by molar-refractivity contribution is -0.120. The largest absolute Gasteiger partial charge is 0.321 e. The van der Waals surface area contributed by atoms with E-state index < -0.39 is 11.9 Å². The molecule has 2 N–H and O–H groups in total. The Bertz CT molecular complexity index is 408. The Morgan fingerprint density at radius 1 is 1.53 bits per heavy atom. The number of hydrogen-bond donors (Lipinski definition) is 1. The van der Waals surface area contributed by atoms with E-state index in [-0.39, 0.29) is 23.1 Å². The Labute approximate surface area is 106 Å². The van der Waals surface area contributed by atoms with E-state index >= 15 is 0 Å². The first-order valence-corrected chi connectivity index (χ1v) is 6.05. The molecule has 2 nitrogen and oxygen atoms in total. The predicted molar refractivity (Wildman–Crippen MR) is 67.6 cm³/mol. The van der Waals surface area contributed by atoms with Crippen LogP contribution in [-0.2, 0) is 11.2 Å². The van der Waals surface area contributed by atoms with E-state index in [1.165, 1.54) is 12.1 Å². The topological polar surface area (TPSA) is 43.1 Å². The van der Waals surface area contributed by atoms with Gasteiger partial charge in [0.15, 0.2) is 5.78 Å². The normalized spacial score (nSPS) is 14.4. The van der Waals surface area contributed by atoms with Crippen LogP contribution in [0.15, 0.2) is 18.2 Å².